The molecule has 0 spiro atoms. The highest BCUT2D eigenvalue weighted by atomic mass is 16.5. The minimum Gasteiger partial charge on any atom is -0.461 e. The number of rotatable bonds is 1. The van der Waals surface area contributed by atoms with Crippen molar-refractivity contribution in [1.82, 2.24) is 0 Å². The number of anilines is 1. The van der Waals surface area contributed by atoms with Crippen LogP contribution in [0.15, 0.2) is 36.2 Å². The highest BCUT2D eigenvalue weighted by Crippen LogP contribution is 2.28. The van der Waals surface area contributed by atoms with Gasteiger partial charge in [-0.05, 0) is 12.1 Å². The molecule has 0 saturated carbocycles. The van der Waals surface area contributed by atoms with Crippen molar-refractivity contribution in [3.8, 4) is 5.75 Å². The Morgan fingerprint density at radius 2 is 2.17 bits per heavy atom. The fraction of sp³-hybridized carbons (Fsp3) is 0.111. The maximum Gasteiger partial charge on any atom is 0.150 e. The third-order valence-corrected chi connectivity index (χ3v) is 1.73. The lowest BCUT2D eigenvalue weighted by Gasteiger charge is -2.17. The summed E-state index contributed by atoms with van der Waals surface area (Å²) in [6.45, 7) is 0.467. The van der Waals surface area contributed by atoms with Crippen LogP contribution >= 0.6 is 0 Å². The van der Waals surface area contributed by atoms with Gasteiger partial charge in [-0.15, -0.1) is 0 Å². The summed E-state index contributed by atoms with van der Waals surface area (Å²) < 4.78 is 5.32. The molecule has 1 aromatic carbocycles. The Morgan fingerprint density at radius 3 is 3.00 bits per heavy atom. The third-order valence-electron chi connectivity index (χ3n) is 1.73. The smallest absolute Gasteiger partial charge is 0.150 e. The number of hydrogen-bond acceptors (Lipinski definition) is 3. The average molecular weight is 162 g/mol. The quantitative estimate of drug-likeness (QED) is 0.654. The fourth-order valence-corrected chi connectivity index (χ4v) is 1.11. The van der Waals surface area contributed by atoms with Crippen LogP contribution in [-0.2, 0) is 0 Å². The van der Waals surface area contributed by atoms with E-state index in [-0.39, 0.29) is 0 Å². The van der Waals surface area contributed by atoms with Crippen LogP contribution in [0.25, 0.3) is 0 Å². The first-order valence-corrected chi connectivity index (χ1v) is 3.82. The largest absolute Gasteiger partial charge is 0.461 e. The lowest BCUT2D eigenvalue weighted by molar-refractivity contribution is 0.470. The van der Waals surface area contributed by atoms with Crippen LogP contribution in [-0.4, -0.2) is 6.54 Å². The molecule has 0 aliphatic carbocycles. The molecule has 0 fully saturated rings. The Balaban J connectivity index is 2.31. The van der Waals surface area contributed by atoms with Gasteiger partial charge in [0.2, 0.25) is 0 Å². The van der Waals surface area contributed by atoms with E-state index in [1.54, 1.807) is 6.26 Å². The molecule has 3 N–H and O–H groups in total. The van der Waals surface area contributed by atoms with E-state index in [4.69, 9.17) is 10.5 Å². The molecule has 0 amide bonds. The van der Waals surface area contributed by atoms with Crippen LogP contribution in [0.1, 0.15) is 0 Å². The second-order valence-corrected chi connectivity index (χ2v) is 2.59. The maximum absolute atomic E-state index is 5.45. The predicted octanol–water partition coefficient (Wildman–Crippen LogP) is 1.29. The summed E-state index contributed by atoms with van der Waals surface area (Å²) in [4.78, 5) is 0. The van der Waals surface area contributed by atoms with Crippen molar-refractivity contribution < 1.29 is 4.74 Å². The van der Waals surface area contributed by atoms with Crippen molar-refractivity contribution >= 4 is 5.69 Å². The first kappa shape index (κ1) is 7.18. The van der Waals surface area contributed by atoms with Crippen molar-refractivity contribution in [1.29, 1.82) is 0 Å². The van der Waals surface area contributed by atoms with Crippen molar-refractivity contribution in [2.24, 2.45) is 5.73 Å². The Hall–Kier alpha value is -1.48. The molecule has 0 radical (unpaired) electrons. The summed E-state index contributed by atoms with van der Waals surface area (Å²) in [6.07, 6.45) is 1.64. The highest BCUT2D eigenvalue weighted by Gasteiger charge is 2.08. The zero-order valence-corrected chi connectivity index (χ0v) is 6.58. The molecule has 1 aliphatic rings. The molecule has 0 aromatic heterocycles. The molecule has 0 unspecified atom stereocenters. The number of benzene rings is 1. The molecule has 1 aromatic rings. The first-order valence-electron chi connectivity index (χ1n) is 3.82. The van der Waals surface area contributed by atoms with Gasteiger partial charge in [-0.1, -0.05) is 12.1 Å². The minimum atomic E-state index is 0.467. The molecular weight excluding hydrogens is 152 g/mol. The SMILES string of the molecule is NCC1=COc2ccccc2N1. The van der Waals surface area contributed by atoms with Crippen molar-refractivity contribution in [3.63, 3.8) is 0 Å². The summed E-state index contributed by atoms with van der Waals surface area (Å²) in [5.74, 6) is 0.842. The van der Waals surface area contributed by atoms with E-state index >= 15 is 0 Å². The molecule has 0 bridgehead atoms. The number of ether oxygens (including phenoxy) is 1. The van der Waals surface area contributed by atoms with Gasteiger partial charge >= 0.3 is 0 Å². The molecular formula is C9H10N2O. The van der Waals surface area contributed by atoms with Gasteiger partial charge in [0.1, 0.15) is 12.0 Å². The van der Waals surface area contributed by atoms with Crippen LogP contribution in [0.3, 0.4) is 0 Å². The number of nitrogens with two attached hydrogens (primary N) is 1. The Kier molecular flexibility index (Phi) is 1.72. The molecule has 3 nitrogen and oxygen atoms in total. The summed E-state index contributed by atoms with van der Waals surface area (Å²) >= 11 is 0. The number of hydrogen-bond donors (Lipinski definition) is 2. The zero-order valence-electron chi connectivity index (χ0n) is 6.58. The second kappa shape index (κ2) is 2.87. The van der Waals surface area contributed by atoms with E-state index in [0.29, 0.717) is 6.54 Å². The summed E-state index contributed by atoms with van der Waals surface area (Å²) in [5, 5.41) is 3.16. The molecule has 0 atom stereocenters. The van der Waals surface area contributed by atoms with E-state index in [2.05, 4.69) is 5.32 Å². The monoisotopic (exact) mass is 162 g/mol. The van der Waals surface area contributed by atoms with Crippen LogP contribution in [0.2, 0.25) is 0 Å². The van der Waals surface area contributed by atoms with Crippen molar-refractivity contribution in [2.45, 2.75) is 0 Å². The molecule has 12 heavy (non-hydrogen) atoms. The normalized spacial score (nSPS) is 13.9. The Labute approximate surface area is 70.8 Å². The van der Waals surface area contributed by atoms with Gasteiger partial charge in [0, 0.05) is 6.54 Å². The van der Waals surface area contributed by atoms with Crippen LogP contribution in [0.5, 0.6) is 5.75 Å². The lowest BCUT2D eigenvalue weighted by Crippen LogP contribution is -2.15. The minimum absolute atomic E-state index is 0.467. The topological polar surface area (TPSA) is 47.3 Å². The van der Waals surface area contributed by atoms with Gasteiger partial charge in [-0.3, -0.25) is 0 Å². The summed E-state index contributed by atoms with van der Waals surface area (Å²) in [6, 6.07) is 7.75. The maximum atomic E-state index is 5.45. The van der Waals surface area contributed by atoms with Gasteiger partial charge in [0.25, 0.3) is 0 Å². The van der Waals surface area contributed by atoms with E-state index in [1.165, 1.54) is 0 Å². The van der Waals surface area contributed by atoms with Gasteiger partial charge < -0.3 is 15.8 Å². The van der Waals surface area contributed by atoms with Crippen molar-refractivity contribution in [2.75, 3.05) is 11.9 Å². The van der Waals surface area contributed by atoms with Crippen LogP contribution < -0.4 is 15.8 Å². The van der Waals surface area contributed by atoms with E-state index in [0.717, 1.165) is 17.1 Å². The fourth-order valence-electron chi connectivity index (χ4n) is 1.11. The first-order chi connectivity index (χ1) is 5.90. The highest BCUT2D eigenvalue weighted by molar-refractivity contribution is 5.61. The Bertz CT molecular complexity index is 320. The number of fused-ring (bicyclic) bond motifs is 1. The number of nitrogens with one attached hydrogen (secondary N) is 1. The van der Waals surface area contributed by atoms with Gasteiger partial charge in [0.05, 0.1) is 11.4 Å². The molecule has 1 heterocycles. The van der Waals surface area contributed by atoms with E-state index in [9.17, 15) is 0 Å². The third kappa shape index (κ3) is 1.14. The van der Waals surface area contributed by atoms with Crippen molar-refractivity contribution in [3.05, 3.63) is 36.2 Å². The van der Waals surface area contributed by atoms with E-state index in [1.807, 2.05) is 24.3 Å². The summed E-state index contributed by atoms with van der Waals surface area (Å²) in [5.41, 5.74) is 7.32. The van der Waals surface area contributed by atoms with Crippen LogP contribution in [0.4, 0.5) is 5.69 Å². The van der Waals surface area contributed by atoms with Crippen LogP contribution in [0, 0.1) is 0 Å². The molecule has 0 saturated heterocycles. The lowest BCUT2D eigenvalue weighted by atomic mass is 10.2. The number of para-hydroxylation sites is 2. The summed E-state index contributed by atoms with van der Waals surface area (Å²) in [7, 11) is 0. The van der Waals surface area contributed by atoms with Gasteiger partial charge in [-0.25, -0.2) is 0 Å². The molecule has 1 aliphatic heterocycles. The second-order valence-electron chi connectivity index (χ2n) is 2.59. The van der Waals surface area contributed by atoms with E-state index < -0.39 is 0 Å². The Morgan fingerprint density at radius 1 is 1.33 bits per heavy atom. The predicted molar refractivity (Wildman–Crippen MR) is 47.8 cm³/mol. The molecule has 3 heteroatoms. The molecule has 2 rings (SSSR count). The average Bonchev–Trinajstić information content (AvgIpc) is 2.17. The zero-order chi connectivity index (χ0) is 8.39. The molecule has 62 valence electrons. The standard InChI is InChI=1S/C9H10N2O/c10-5-7-6-12-9-4-2-1-3-8(9)11-7/h1-4,6,11H,5,10H2. The van der Waals surface area contributed by atoms with Gasteiger partial charge in [-0.2, -0.15) is 0 Å². The van der Waals surface area contributed by atoms with Gasteiger partial charge in [0.15, 0.2) is 0 Å².